The molecule has 1 saturated carbocycles. The zero-order chi connectivity index (χ0) is 43.6. The largest absolute Gasteiger partial charge is 0.472 e. The Morgan fingerprint density at radius 1 is 0.559 bits per heavy atom. The minimum atomic E-state index is -5.07. The van der Waals surface area contributed by atoms with Gasteiger partial charge in [-0.3, -0.25) is 13.8 Å². The van der Waals surface area contributed by atoms with Gasteiger partial charge in [-0.1, -0.05) is 206 Å². The molecule has 0 bridgehead atoms. The number of allylic oxidation sites excluding steroid dienone is 1. The molecular weight excluding hydrogens is 773 g/mol. The first-order valence-electron chi connectivity index (χ1n) is 24.1. The molecule has 0 heterocycles. The van der Waals surface area contributed by atoms with Crippen molar-refractivity contribution in [3.05, 3.63) is 12.2 Å². The van der Waals surface area contributed by atoms with E-state index in [1.54, 1.807) is 0 Å². The summed E-state index contributed by atoms with van der Waals surface area (Å²) in [6.45, 7) is 3.85. The zero-order valence-corrected chi connectivity index (χ0v) is 38.2. The molecule has 0 aromatic rings. The molecule has 0 aromatic carbocycles. The quantitative estimate of drug-likeness (QED) is 0.0166. The lowest BCUT2D eigenvalue weighted by molar-refractivity contribution is -0.220. The molecule has 350 valence electrons. The molecular formula is C46H90NO11P. The highest BCUT2D eigenvalue weighted by molar-refractivity contribution is 7.47. The smallest absolute Gasteiger partial charge is 0.387 e. The number of carbonyl (C=O) groups excluding carboxylic acids is 1. The summed E-state index contributed by atoms with van der Waals surface area (Å²) in [4.78, 5) is 23.4. The molecule has 0 saturated heterocycles. The van der Waals surface area contributed by atoms with Gasteiger partial charge >= 0.3 is 7.82 Å². The lowest BCUT2D eigenvalue weighted by Gasteiger charge is -2.41. The number of hydrogen-bond acceptors (Lipinski definition) is 10. The van der Waals surface area contributed by atoms with Crippen molar-refractivity contribution in [2.24, 2.45) is 0 Å². The van der Waals surface area contributed by atoms with E-state index < -0.39 is 63.2 Å². The monoisotopic (exact) mass is 864 g/mol. The fourth-order valence-electron chi connectivity index (χ4n) is 7.84. The van der Waals surface area contributed by atoms with E-state index in [0.717, 1.165) is 44.9 Å². The highest BCUT2D eigenvalue weighted by Crippen LogP contribution is 2.47. The first-order chi connectivity index (χ1) is 28.4. The molecule has 1 amide bonds. The van der Waals surface area contributed by atoms with Crippen LogP contribution in [0.25, 0.3) is 0 Å². The summed E-state index contributed by atoms with van der Waals surface area (Å²) >= 11 is 0. The van der Waals surface area contributed by atoms with Gasteiger partial charge in [-0.15, -0.1) is 0 Å². The predicted molar refractivity (Wildman–Crippen MR) is 237 cm³/mol. The van der Waals surface area contributed by atoms with Crippen LogP contribution in [-0.4, -0.2) is 96.8 Å². The van der Waals surface area contributed by atoms with Gasteiger partial charge in [0, 0.05) is 6.42 Å². The van der Waals surface area contributed by atoms with Crippen LogP contribution in [0.1, 0.15) is 219 Å². The summed E-state index contributed by atoms with van der Waals surface area (Å²) in [5.74, 6) is -0.338. The molecule has 0 aliphatic heterocycles. The molecule has 13 heteroatoms. The molecule has 9 atom stereocenters. The van der Waals surface area contributed by atoms with Crippen LogP contribution in [0.2, 0.25) is 0 Å². The van der Waals surface area contributed by atoms with Gasteiger partial charge in [0.25, 0.3) is 0 Å². The second kappa shape index (κ2) is 36.6. The second-order valence-corrected chi connectivity index (χ2v) is 18.7. The third kappa shape index (κ3) is 28.4. The van der Waals surface area contributed by atoms with E-state index in [0.29, 0.717) is 6.42 Å². The van der Waals surface area contributed by atoms with Crippen LogP contribution in [0.15, 0.2) is 12.2 Å². The van der Waals surface area contributed by atoms with Crippen molar-refractivity contribution in [3.63, 3.8) is 0 Å². The number of phosphoric ester groups is 1. The SMILES string of the molecule is CCCCCCCCCCCCCCCC/C=C/[C@@H](O)[C@H](COP(=O)(O)OC1C(O)C(O)C(O)[C@@H](O)C1O)NC(=O)CCCCCCCCCCCCCCCCCC. The topological polar surface area (TPSA) is 206 Å². The summed E-state index contributed by atoms with van der Waals surface area (Å²) in [5.41, 5.74) is 0. The van der Waals surface area contributed by atoms with Crippen molar-refractivity contribution in [1.82, 2.24) is 5.32 Å². The Morgan fingerprint density at radius 3 is 1.29 bits per heavy atom. The average molecular weight is 864 g/mol. The maximum Gasteiger partial charge on any atom is 0.472 e. The second-order valence-electron chi connectivity index (χ2n) is 17.3. The number of rotatable bonds is 40. The summed E-state index contributed by atoms with van der Waals surface area (Å²) < 4.78 is 22.9. The molecule has 12 nitrogen and oxygen atoms in total. The van der Waals surface area contributed by atoms with Crippen molar-refractivity contribution in [1.29, 1.82) is 0 Å². The van der Waals surface area contributed by atoms with Crippen LogP contribution in [0, 0.1) is 0 Å². The van der Waals surface area contributed by atoms with Gasteiger partial charge in [0.15, 0.2) is 0 Å². The molecule has 1 aliphatic rings. The first-order valence-corrected chi connectivity index (χ1v) is 25.6. The normalized spacial score (nSPS) is 23.1. The van der Waals surface area contributed by atoms with Crippen LogP contribution >= 0.6 is 7.82 Å². The third-order valence-electron chi connectivity index (χ3n) is 11.8. The molecule has 0 radical (unpaired) electrons. The van der Waals surface area contributed by atoms with Crippen molar-refractivity contribution in [2.45, 2.75) is 268 Å². The number of hydrogen-bond donors (Lipinski definition) is 8. The van der Waals surface area contributed by atoms with Gasteiger partial charge in [-0.05, 0) is 19.3 Å². The van der Waals surface area contributed by atoms with Crippen molar-refractivity contribution < 1.29 is 53.9 Å². The first kappa shape index (κ1) is 56.1. The Bertz CT molecular complexity index is 1050. The van der Waals surface area contributed by atoms with E-state index in [4.69, 9.17) is 9.05 Å². The summed E-state index contributed by atoms with van der Waals surface area (Å²) in [6, 6.07) is -1.11. The fourth-order valence-corrected chi connectivity index (χ4v) is 8.81. The highest BCUT2D eigenvalue weighted by atomic mass is 31.2. The van der Waals surface area contributed by atoms with E-state index in [1.807, 2.05) is 6.08 Å². The lowest BCUT2D eigenvalue weighted by Crippen LogP contribution is -2.64. The fraction of sp³-hybridized carbons (Fsp3) is 0.935. The Hall–Kier alpha value is -0.920. The van der Waals surface area contributed by atoms with Crippen molar-refractivity contribution in [2.75, 3.05) is 6.61 Å². The molecule has 0 spiro atoms. The number of aliphatic hydroxyl groups is 6. The number of amides is 1. The van der Waals surface area contributed by atoms with E-state index in [1.165, 1.54) is 154 Å². The van der Waals surface area contributed by atoms with Gasteiger partial charge in [-0.25, -0.2) is 4.57 Å². The summed E-state index contributed by atoms with van der Waals surface area (Å²) in [5, 5.41) is 64.0. The minimum absolute atomic E-state index is 0.219. The molecule has 1 rings (SSSR count). The van der Waals surface area contributed by atoms with Crippen molar-refractivity contribution in [3.8, 4) is 0 Å². The molecule has 59 heavy (non-hydrogen) atoms. The maximum absolute atomic E-state index is 12.9. The predicted octanol–water partition coefficient (Wildman–Crippen LogP) is 9.23. The Labute approximate surface area is 359 Å². The van der Waals surface area contributed by atoms with Gasteiger partial charge in [0.05, 0.1) is 18.8 Å². The number of nitrogens with one attached hydrogen (secondary N) is 1. The standard InChI is InChI=1S/C46H90NO11P/c1-3-5-7-9-11-13-15-17-19-21-23-25-27-29-31-33-35-39(48)38(37-57-59(55,56)58-46-44(53)42(51)41(50)43(52)45(46)54)47-40(49)36-34-32-30-28-26-24-22-20-18-16-14-12-10-8-6-4-2/h33,35,38-39,41-46,48,50-54H,3-32,34,36-37H2,1-2H3,(H,47,49)(H,55,56)/b35-33+/t38-,39+,41?,42+,43?,44?,45?,46?/m0/s1. The minimum Gasteiger partial charge on any atom is -0.387 e. The van der Waals surface area contributed by atoms with Crippen LogP contribution in [-0.2, 0) is 18.4 Å². The Kier molecular flexibility index (Phi) is 34.8. The van der Waals surface area contributed by atoms with Crippen molar-refractivity contribution >= 4 is 13.7 Å². The number of aliphatic hydroxyl groups excluding tert-OH is 6. The average Bonchev–Trinajstić information content (AvgIpc) is 3.22. The van der Waals surface area contributed by atoms with Crippen LogP contribution in [0.4, 0.5) is 0 Å². The van der Waals surface area contributed by atoms with E-state index in [9.17, 15) is 44.9 Å². The molecule has 1 aliphatic carbocycles. The van der Waals surface area contributed by atoms with E-state index >= 15 is 0 Å². The highest BCUT2D eigenvalue weighted by Gasteiger charge is 2.51. The maximum atomic E-state index is 12.9. The van der Waals surface area contributed by atoms with Gasteiger partial charge in [0.1, 0.15) is 36.6 Å². The third-order valence-corrected chi connectivity index (χ3v) is 12.8. The zero-order valence-electron chi connectivity index (χ0n) is 37.3. The lowest BCUT2D eigenvalue weighted by atomic mass is 9.85. The van der Waals surface area contributed by atoms with Gasteiger partial charge in [-0.2, -0.15) is 0 Å². The van der Waals surface area contributed by atoms with Crippen LogP contribution in [0.5, 0.6) is 0 Å². The number of carbonyl (C=O) groups is 1. The van der Waals surface area contributed by atoms with Gasteiger partial charge < -0.3 is 40.8 Å². The molecule has 6 unspecified atom stereocenters. The van der Waals surface area contributed by atoms with E-state index in [-0.39, 0.29) is 12.3 Å². The summed E-state index contributed by atoms with van der Waals surface area (Å²) in [6.07, 6.45) is 28.5. The number of unbranched alkanes of at least 4 members (excludes halogenated alkanes) is 29. The number of phosphoric acid groups is 1. The van der Waals surface area contributed by atoms with Crippen LogP contribution in [0.3, 0.4) is 0 Å². The molecule has 0 aromatic heterocycles. The Morgan fingerprint density at radius 2 is 0.898 bits per heavy atom. The Balaban J connectivity index is 2.47. The molecule has 8 N–H and O–H groups in total. The van der Waals surface area contributed by atoms with Crippen LogP contribution < -0.4 is 5.32 Å². The molecule has 1 fully saturated rings. The van der Waals surface area contributed by atoms with E-state index in [2.05, 4.69) is 19.2 Å². The summed E-state index contributed by atoms with van der Waals surface area (Å²) in [7, 11) is -5.07. The van der Waals surface area contributed by atoms with Gasteiger partial charge in [0.2, 0.25) is 5.91 Å².